The van der Waals surface area contributed by atoms with Crippen LogP contribution in [0.2, 0.25) is 0 Å². The fourth-order valence-corrected chi connectivity index (χ4v) is 3.35. The van der Waals surface area contributed by atoms with Gasteiger partial charge < -0.3 is 10.1 Å². The SMILES string of the molecule is CC1CCOC1C(=O)NC1c2ccccc2CC1Cl. The minimum Gasteiger partial charge on any atom is -0.368 e. The van der Waals surface area contributed by atoms with Gasteiger partial charge in [-0.25, -0.2) is 0 Å². The molecular weight excluding hydrogens is 262 g/mol. The molecule has 0 saturated carbocycles. The second kappa shape index (κ2) is 5.14. The molecular formula is C15H18ClNO2. The molecule has 1 aliphatic heterocycles. The topological polar surface area (TPSA) is 38.3 Å². The number of hydrogen-bond acceptors (Lipinski definition) is 2. The van der Waals surface area contributed by atoms with Crippen LogP contribution in [0.4, 0.5) is 0 Å². The monoisotopic (exact) mass is 279 g/mol. The molecule has 1 aromatic rings. The van der Waals surface area contributed by atoms with Crippen molar-refractivity contribution in [3.63, 3.8) is 0 Å². The third kappa shape index (κ3) is 2.37. The average Bonchev–Trinajstić information content (AvgIpc) is 2.94. The number of ether oxygens (including phenoxy) is 1. The second-order valence-corrected chi connectivity index (χ2v) is 6.02. The molecule has 4 atom stereocenters. The van der Waals surface area contributed by atoms with E-state index in [1.807, 2.05) is 18.2 Å². The van der Waals surface area contributed by atoms with Gasteiger partial charge in [-0.3, -0.25) is 4.79 Å². The van der Waals surface area contributed by atoms with Gasteiger partial charge in [-0.1, -0.05) is 31.2 Å². The summed E-state index contributed by atoms with van der Waals surface area (Å²) in [5.41, 5.74) is 2.37. The van der Waals surface area contributed by atoms with Crippen molar-refractivity contribution >= 4 is 17.5 Å². The van der Waals surface area contributed by atoms with Crippen LogP contribution in [0, 0.1) is 5.92 Å². The zero-order valence-corrected chi connectivity index (χ0v) is 11.7. The molecule has 1 fully saturated rings. The Bertz CT molecular complexity index is 491. The number of carbonyl (C=O) groups excluding carboxylic acids is 1. The molecule has 3 nitrogen and oxygen atoms in total. The van der Waals surface area contributed by atoms with Crippen LogP contribution in [0.1, 0.15) is 30.5 Å². The fourth-order valence-electron chi connectivity index (χ4n) is 2.98. The van der Waals surface area contributed by atoms with Crippen molar-refractivity contribution in [1.29, 1.82) is 0 Å². The first-order chi connectivity index (χ1) is 9.16. The van der Waals surface area contributed by atoms with Gasteiger partial charge in [-0.15, -0.1) is 11.6 Å². The molecule has 3 rings (SSSR count). The highest BCUT2D eigenvalue weighted by molar-refractivity contribution is 6.21. The Hall–Kier alpha value is -1.06. The third-order valence-corrected chi connectivity index (χ3v) is 4.52. The van der Waals surface area contributed by atoms with E-state index >= 15 is 0 Å². The molecule has 2 aliphatic rings. The van der Waals surface area contributed by atoms with E-state index in [-0.39, 0.29) is 29.3 Å². The summed E-state index contributed by atoms with van der Waals surface area (Å²) in [5, 5.41) is 2.99. The zero-order valence-electron chi connectivity index (χ0n) is 10.9. The summed E-state index contributed by atoms with van der Waals surface area (Å²) in [5.74, 6) is 0.253. The number of hydrogen-bond donors (Lipinski definition) is 1. The van der Waals surface area contributed by atoms with Gasteiger partial charge in [-0.05, 0) is 29.9 Å². The van der Waals surface area contributed by atoms with Crippen LogP contribution in [0.5, 0.6) is 0 Å². The lowest BCUT2D eigenvalue weighted by Gasteiger charge is -2.21. The van der Waals surface area contributed by atoms with Gasteiger partial charge in [0, 0.05) is 6.61 Å². The normalized spacial score (nSPS) is 33.2. The minimum atomic E-state index is -0.323. The van der Waals surface area contributed by atoms with Gasteiger partial charge in [0.15, 0.2) is 0 Å². The minimum absolute atomic E-state index is 0.0302. The quantitative estimate of drug-likeness (QED) is 0.845. The first kappa shape index (κ1) is 12.9. The molecule has 1 amide bonds. The van der Waals surface area contributed by atoms with E-state index in [0.717, 1.165) is 18.4 Å². The molecule has 19 heavy (non-hydrogen) atoms. The standard InChI is InChI=1S/C15H18ClNO2/c1-9-6-7-19-14(9)15(18)17-13-11-5-3-2-4-10(11)8-12(13)16/h2-5,9,12-14H,6-8H2,1H3,(H,17,18). The third-order valence-electron chi connectivity index (χ3n) is 4.11. The van der Waals surface area contributed by atoms with E-state index in [1.54, 1.807) is 0 Å². The predicted octanol–water partition coefficient (Wildman–Crippen LogP) is 2.43. The van der Waals surface area contributed by atoms with Crippen molar-refractivity contribution in [1.82, 2.24) is 5.32 Å². The van der Waals surface area contributed by atoms with Gasteiger partial charge in [0.05, 0.1) is 11.4 Å². The molecule has 0 bridgehead atoms. The summed E-state index contributed by atoms with van der Waals surface area (Å²) in [6, 6.07) is 8.02. The van der Waals surface area contributed by atoms with Gasteiger partial charge in [0.1, 0.15) is 6.10 Å². The van der Waals surface area contributed by atoms with Crippen molar-refractivity contribution in [2.24, 2.45) is 5.92 Å². The largest absolute Gasteiger partial charge is 0.368 e. The Morgan fingerprint density at radius 3 is 2.95 bits per heavy atom. The summed E-state index contributed by atoms with van der Waals surface area (Å²) < 4.78 is 5.51. The van der Waals surface area contributed by atoms with E-state index in [1.165, 1.54) is 5.56 Å². The molecule has 4 heteroatoms. The van der Waals surface area contributed by atoms with Gasteiger partial charge in [0.2, 0.25) is 5.91 Å². The number of nitrogens with one attached hydrogen (secondary N) is 1. The molecule has 1 heterocycles. The number of amides is 1. The van der Waals surface area contributed by atoms with Crippen LogP contribution in [-0.4, -0.2) is 24.0 Å². The average molecular weight is 280 g/mol. The van der Waals surface area contributed by atoms with Gasteiger partial charge in [-0.2, -0.15) is 0 Å². The first-order valence-electron chi connectivity index (χ1n) is 6.80. The summed E-state index contributed by atoms with van der Waals surface area (Å²) in [7, 11) is 0. The van der Waals surface area contributed by atoms with E-state index in [2.05, 4.69) is 18.3 Å². The lowest BCUT2D eigenvalue weighted by Crippen LogP contribution is -2.41. The lowest BCUT2D eigenvalue weighted by atomic mass is 10.0. The zero-order chi connectivity index (χ0) is 13.4. The van der Waals surface area contributed by atoms with Crippen molar-refractivity contribution in [2.75, 3.05) is 6.61 Å². The van der Waals surface area contributed by atoms with Crippen LogP contribution < -0.4 is 5.32 Å². The van der Waals surface area contributed by atoms with Crippen LogP contribution >= 0.6 is 11.6 Å². The van der Waals surface area contributed by atoms with Gasteiger partial charge >= 0.3 is 0 Å². The highest BCUT2D eigenvalue weighted by Gasteiger charge is 2.36. The second-order valence-electron chi connectivity index (χ2n) is 5.46. The van der Waals surface area contributed by atoms with Crippen molar-refractivity contribution in [3.05, 3.63) is 35.4 Å². The van der Waals surface area contributed by atoms with E-state index in [9.17, 15) is 4.79 Å². The molecule has 0 aromatic heterocycles. The Morgan fingerprint density at radius 1 is 1.42 bits per heavy atom. The number of rotatable bonds is 2. The molecule has 1 aliphatic carbocycles. The maximum Gasteiger partial charge on any atom is 0.249 e. The number of halogens is 1. The van der Waals surface area contributed by atoms with Crippen molar-refractivity contribution in [3.8, 4) is 0 Å². The number of carbonyl (C=O) groups is 1. The Morgan fingerprint density at radius 2 is 2.21 bits per heavy atom. The molecule has 1 aromatic carbocycles. The maximum absolute atomic E-state index is 12.3. The van der Waals surface area contributed by atoms with Crippen molar-refractivity contribution < 1.29 is 9.53 Å². The van der Waals surface area contributed by atoms with E-state index < -0.39 is 0 Å². The van der Waals surface area contributed by atoms with Crippen LogP contribution in [-0.2, 0) is 16.0 Å². The van der Waals surface area contributed by atoms with Crippen LogP contribution in [0.25, 0.3) is 0 Å². The molecule has 0 spiro atoms. The Labute approximate surface area is 118 Å². The smallest absolute Gasteiger partial charge is 0.249 e. The Balaban J connectivity index is 1.75. The maximum atomic E-state index is 12.3. The summed E-state index contributed by atoms with van der Waals surface area (Å²) in [6.07, 6.45) is 1.43. The van der Waals surface area contributed by atoms with Crippen LogP contribution in [0.3, 0.4) is 0 Å². The number of alkyl halides is 1. The first-order valence-corrected chi connectivity index (χ1v) is 7.24. The molecule has 0 radical (unpaired) electrons. The summed E-state index contributed by atoms with van der Waals surface area (Å²) >= 11 is 6.38. The fraction of sp³-hybridized carbons (Fsp3) is 0.533. The number of benzene rings is 1. The molecule has 4 unspecified atom stereocenters. The molecule has 1 N–H and O–H groups in total. The summed E-state index contributed by atoms with van der Waals surface area (Å²) in [6.45, 7) is 2.73. The Kier molecular flexibility index (Phi) is 3.50. The van der Waals surface area contributed by atoms with Crippen molar-refractivity contribution in [2.45, 2.75) is 37.3 Å². The lowest BCUT2D eigenvalue weighted by molar-refractivity contribution is -0.132. The van der Waals surface area contributed by atoms with E-state index in [0.29, 0.717) is 6.61 Å². The highest BCUT2D eigenvalue weighted by Crippen LogP contribution is 2.35. The van der Waals surface area contributed by atoms with Crippen LogP contribution in [0.15, 0.2) is 24.3 Å². The predicted molar refractivity (Wildman–Crippen MR) is 74.2 cm³/mol. The number of fused-ring (bicyclic) bond motifs is 1. The molecule has 102 valence electrons. The highest BCUT2D eigenvalue weighted by atomic mass is 35.5. The summed E-state index contributed by atoms with van der Waals surface area (Å²) in [4.78, 5) is 12.3. The molecule has 1 saturated heterocycles. The van der Waals surface area contributed by atoms with E-state index in [4.69, 9.17) is 16.3 Å². The van der Waals surface area contributed by atoms with Gasteiger partial charge in [0.25, 0.3) is 0 Å².